The zero-order chi connectivity index (χ0) is 19.7. The van der Waals surface area contributed by atoms with E-state index in [1.54, 1.807) is 18.2 Å². The highest BCUT2D eigenvalue weighted by Gasteiger charge is 2.27. The molecule has 2 N–H and O–H groups in total. The minimum Gasteiger partial charge on any atom is -0.482 e. The van der Waals surface area contributed by atoms with E-state index < -0.39 is 10.0 Å². The van der Waals surface area contributed by atoms with Gasteiger partial charge in [0.1, 0.15) is 5.75 Å². The summed E-state index contributed by atoms with van der Waals surface area (Å²) in [4.78, 5) is 24.1. The quantitative estimate of drug-likeness (QED) is 0.816. The summed E-state index contributed by atoms with van der Waals surface area (Å²) >= 11 is 0. The first-order valence-corrected chi connectivity index (χ1v) is 10.4. The molecular formula is C19H19N3O5S. The predicted octanol–water partition coefficient (Wildman–Crippen LogP) is 2.05. The van der Waals surface area contributed by atoms with Crippen LogP contribution in [-0.4, -0.2) is 44.2 Å². The molecule has 8 nitrogen and oxygen atoms in total. The van der Waals surface area contributed by atoms with Crippen LogP contribution in [0.15, 0.2) is 47.4 Å². The van der Waals surface area contributed by atoms with Crippen LogP contribution in [0.1, 0.15) is 23.2 Å². The lowest BCUT2D eigenvalue weighted by Crippen LogP contribution is -2.27. The Labute approximate surface area is 162 Å². The number of amides is 2. The second-order valence-corrected chi connectivity index (χ2v) is 8.58. The van der Waals surface area contributed by atoms with Crippen molar-refractivity contribution in [3.8, 4) is 5.75 Å². The first-order chi connectivity index (χ1) is 13.4. The number of carbonyl (C=O) groups is 2. The van der Waals surface area contributed by atoms with Gasteiger partial charge in [0.2, 0.25) is 10.0 Å². The number of nitrogens with zero attached hydrogens (tertiary/aromatic N) is 1. The standard InChI is InChI=1S/C19H19N3O5S/c23-18-12-27-17-8-5-14(11-16(17)21-18)20-19(24)13-3-6-15(7-4-13)28(25,26)22-9-1-2-10-22/h3-8,11H,1-2,9-10,12H2,(H,20,24)(H,21,23). The van der Waals surface area contributed by atoms with Crippen molar-refractivity contribution in [2.75, 3.05) is 30.3 Å². The molecule has 9 heteroatoms. The van der Waals surface area contributed by atoms with Crippen LogP contribution in [0.25, 0.3) is 0 Å². The average molecular weight is 401 g/mol. The molecule has 146 valence electrons. The second kappa shape index (κ2) is 7.25. The lowest BCUT2D eigenvalue weighted by molar-refractivity contribution is -0.118. The van der Waals surface area contributed by atoms with Crippen LogP contribution in [0.5, 0.6) is 5.75 Å². The largest absolute Gasteiger partial charge is 0.482 e. The third-order valence-electron chi connectivity index (χ3n) is 4.69. The van der Waals surface area contributed by atoms with E-state index in [9.17, 15) is 18.0 Å². The van der Waals surface area contributed by atoms with Crippen molar-refractivity contribution in [1.82, 2.24) is 4.31 Å². The van der Waals surface area contributed by atoms with E-state index >= 15 is 0 Å². The van der Waals surface area contributed by atoms with E-state index in [1.807, 2.05) is 0 Å². The van der Waals surface area contributed by atoms with Gasteiger partial charge < -0.3 is 15.4 Å². The van der Waals surface area contributed by atoms with Gasteiger partial charge in [0.25, 0.3) is 11.8 Å². The molecule has 1 saturated heterocycles. The van der Waals surface area contributed by atoms with Gasteiger partial charge >= 0.3 is 0 Å². The van der Waals surface area contributed by atoms with E-state index in [2.05, 4.69) is 10.6 Å². The number of rotatable bonds is 4. The van der Waals surface area contributed by atoms with Crippen molar-refractivity contribution in [3.63, 3.8) is 0 Å². The molecule has 4 rings (SSSR count). The molecule has 1 fully saturated rings. The summed E-state index contributed by atoms with van der Waals surface area (Å²) in [7, 11) is -3.51. The van der Waals surface area contributed by atoms with E-state index in [-0.39, 0.29) is 23.3 Å². The molecule has 0 aliphatic carbocycles. The van der Waals surface area contributed by atoms with Gasteiger partial charge in [-0.3, -0.25) is 9.59 Å². The molecule has 2 aromatic rings. The molecule has 2 aliphatic heterocycles. The Kier molecular flexibility index (Phi) is 4.78. The summed E-state index contributed by atoms with van der Waals surface area (Å²) in [6.07, 6.45) is 1.73. The van der Waals surface area contributed by atoms with Gasteiger partial charge in [-0.1, -0.05) is 0 Å². The van der Waals surface area contributed by atoms with Gasteiger partial charge in [0.15, 0.2) is 6.61 Å². The van der Waals surface area contributed by atoms with Crippen LogP contribution < -0.4 is 15.4 Å². The van der Waals surface area contributed by atoms with Gasteiger partial charge in [-0.15, -0.1) is 0 Å². The highest BCUT2D eigenvalue weighted by Crippen LogP contribution is 2.30. The molecule has 0 radical (unpaired) electrons. The van der Waals surface area contributed by atoms with Crippen LogP contribution in [0.3, 0.4) is 0 Å². The van der Waals surface area contributed by atoms with Crippen LogP contribution in [0.2, 0.25) is 0 Å². The normalized spacial score (nSPS) is 16.8. The zero-order valence-corrected chi connectivity index (χ0v) is 15.8. The van der Waals surface area contributed by atoms with E-state index in [1.165, 1.54) is 28.6 Å². The van der Waals surface area contributed by atoms with Crippen molar-refractivity contribution in [1.29, 1.82) is 0 Å². The lowest BCUT2D eigenvalue weighted by Gasteiger charge is -2.18. The van der Waals surface area contributed by atoms with E-state index in [4.69, 9.17) is 4.74 Å². The molecular weight excluding hydrogens is 382 g/mol. The number of hydrogen-bond acceptors (Lipinski definition) is 5. The average Bonchev–Trinajstić information content (AvgIpc) is 3.23. The van der Waals surface area contributed by atoms with E-state index in [0.717, 1.165) is 12.8 Å². The number of sulfonamides is 1. The monoisotopic (exact) mass is 401 g/mol. The lowest BCUT2D eigenvalue weighted by atomic mass is 10.2. The summed E-state index contributed by atoms with van der Waals surface area (Å²) in [5, 5.41) is 5.41. The maximum atomic E-state index is 12.5. The Bertz CT molecular complexity index is 1030. The molecule has 2 heterocycles. The highest BCUT2D eigenvalue weighted by atomic mass is 32.2. The zero-order valence-electron chi connectivity index (χ0n) is 15.0. The fourth-order valence-electron chi connectivity index (χ4n) is 3.22. The Balaban J connectivity index is 1.48. The van der Waals surface area contributed by atoms with Gasteiger partial charge in [-0.25, -0.2) is 8.42 Å². The molecule has 0 spiro atoms. The molecule has 0 atom stereocenters. The fraction of sp³-hybridized carbons (Fsp3) is 0.263. The summed E-state index contributed by atoms with van der Waals surface area (Å²) in [6.45, 7) is 1.03. The summed E-state index contributed by atoms with van der Waals surface area (Å²) in [5.74, 6) is -0.104. The van der Waals surface area contributed by atoms with Crippen molar-refractivity contribution in [2.24, 2.45) is 0 Å². The molecule has 0 aromatic heterocycles. The maximum absolute atomic E-state index is 12.5. The third kappa shape index (κ3) is 3.58. The molecule has 0 unspecified atom stereocenters. The first kappa shape index (κ1) is 18.5. The first-order valence-electron chi connectivity index (χ1n) is 8.92. The number of nitrogens with one attached hydrogen (secondary N) is 2. The Morgan fingerprint density at radius 1 is 1.07 bits per heavy atom. The molecule has 2 aromatic carbocycles. The number of anilines is 2. The van der Waals surface area contributed by atoms with Crippen molar-refractivity contribution >= 4 is 33.2 Å². The van der Waals surface area contributed by atoms with Gasteiger partial charge in [0, 0.05) is 24.3 Å². The molecule has 2 aliphatic rings. The van der Waals surface area contributed by atoms with Crippen LogP contribution in [0.4, 0.5) is 11.4 Å². The summed E-state index contributed by atoms with van der Waals surface area (Å²) in [6, 6.07) is 10.8. The summed E-state index contributed by atoms with van der Waals surface area (Å²) < 4.78 is 31.8. The molecule has 0 bridgehead atoms. The second-order valence-electron chi connectivity index (χ2n) is 6.64. The molecule has 2 amide bonds. The molecule has 0 saturated carbocycles. The van der Waals surface area contributed by atoms with Crippen LogP contribution >= 0.6 is 0 Å². The summed E-state index contributed by atoms with van der Waals surface area (Å²) in [5.41, 5.74) is 1.31. The SMILES string of the molecule is O=C1COc2ccc(NC(=O)c3ccc(S(=O)(=O)N4CCCC4)cc3)cc2N1. The van der Waals surface area contributed by atoms with Crippen molar-refractivity contribution in [2.45, 2.75) is 17.7 Å². The number of fused-ring (bicyclic) bond motifs is 1. The minimum absolute atomic E-state index is 0.0363. The Morgan fingerprint density at radius 3 is 2.50 bits per heavy atom. The van der Waals surface area contributed by atoms with Gasteiger partial charge in [-0.2, -0.15) is 4.31 Å². The van der Waals surface area contributed by atoms with Crippen molar-refractivity contribution in [3.05, 3.63) is 48.0 Å². The van der Waals surface area contributed by atoms with E-state index in [0.29, 0.717) is 35.8 Å². The van der Waals surface area contributed by atoms with Crippen LogP contribution in [0, 0.1) is 0 Å². The number of carbonyl (C=O) groups excluding carboxylic acids is 2. The molecule has 28 heavy (non-hydrogen) atoms. The topological polar surface area (TPSA) is 105 Å². The van der Waals surface area contributed by atoms with Gasteiger partial charge in [0.05, 0.1) is 10.6 Å². The predicted molar refractivity (Wildman–Crippen MR) is 103 cm³/mol. The highest BCUT2D eigenvalue weighted by molar-refractivity contribution is 7.89. The third-order valence-corrected chi connectivity index (χ3v) is 6.60. The number of hydrogen-bond donors (Lipinski definition) is 2. The maximum Gasteiger partial charge on any atom is 0.262 e. The number of benzene rings is 2. The Morgan fingerprint density at radius 2 is 1.79 bits per heavy atom. The van der Waals surface area contributed by atoms with Crippen LogP contribution in [-0.2, 0) is 14.8 Å². The minimum atomic E-state index is -3.51. The smallest absolute Gasteiger partial charge is 0.262 e. The van der Waals surface area contributed by atoms with Gasteiger partial charge in [-0.05, 0) is 55.3 Å². The Hall–Kier alpha value is -2.91. The fourth-order valence-corrected chi connectivity index (χ4v) is 4.74. The number of ether oxygens (including phenoxy) is 1. The van der Waals surface area contributed by atoms with Crippen molar-refractivity contribution < 1.29 is 22.7 Å².